The van der Waals surface area contributed by atoms with Crippen molar-refractivity contribution >= 4 is 14.0 Å². The third-order valence-electron chi connectivity index (χ3n) is 3.64. The van der Waals surface area contributed by atoms with E-state index < -0.39 is 8.80 Å². The van der Waals surface area contributed by atoms with Gasteiger partial charge in [0.2, 0.25) is 0 Å². The van der Waals surface area contributed by atoms with Crippen LogP contribution in [0.5, 0.6) is 0 Å². The van der Waals surface area contributed by atoms with Crippen LogP contribution in [0.25, 0.3) is 5.69 Å². The van der Waals surface area contributed by atoms with Crippen LogP contribution in [0.1, 0.15) is 30.2 Å². The second kappa shape index (κ2) is 5.74. The van der Waals surface area contributed by atoms with Crippen molar-refractivity contribution in [2.45, 2.75) is 46.7 Å². The predicted octanol–water partition coefficient (Wildman–Crippen LogP) is 3.14. The molecule has 102 valence electrons. The Labute approximate surface area is 118 Å². The molecule has 1 heterocycles. The molecule has 1 aromatic carbocycles. The molecule has 0 radical (unpaired) electrons. The van der Waals surface area contributed by atoms with Gasteiger partial charge in [0.1, 0.15) is 0 Å². The maximum absolute atomic E-state index is 4.37. The molecule has 0 saturated heterocycles. The van der Waals surface area contributed by atoms with E-state index in [-0.39, 0.29) is 0 Å². The van der Waals surface area contributed by atoms with Gasteiger partial charge in [0, 0.05) is 11.9 Å². The second-order valence-electron chi connectivity index (χ2n) is 5.62. The first-order valence-electron chi connectivity index (χ1n) is 7.18. The average molecular weight is 272 g/mol. The van der Waals surface area contributed by atoms with Crippen LogP contribution >= 0.6 is 0 Å². The SMILES string of the molecule is CCCc1c(C)ccc(-n2cnc(C)c2)c1[SiH](C)C. The van der Waals surface area contributed by atoms with E-state index in [9.17, 15) is 0 Å². The van der Waals surface area contributed by atoms with Crippen molar-refractivity contribution in [2.75, 3.05) is 0 Å². The summed E-state index contributed by atoms with van der Waals surface area (Å²) in [6.45, 7) is 11.4. The molecule has 0 atom stereocenters. The van der Waals surface area contributed by atoms with Crippen molar-refractivity contribution in [2.24, 2.45) is 0 Å². The van der Waals surface area contributed by atoms with Crippen LogP contribution < -0.4 is 5.19 Å². The first-order valence-corrected chi connectivity index (χ1v) is 10.1. The van der Waals surface area contributed by atoms with Gasteiger partial charge in [-0.3, -0.25) is 0 Å². The van der Waals surface area contributed by atoms with Crippen molar-refractivity contribution in [1.82, 2.24) is 9.55 Å². The molecule has 1 aromatic heterocycles. The van der Waals surface area contributed by atoms with E-state index >= 15 is 0 Å². The molecule has 2 rings (SSSR count). The number of nitrogens with zero attached hydrogens (tertiary/aromatic N) is 2. The number of imidazole rings is 1. The zero-order chi connectivity index (χ0) is 14.0. The third kappa shape index (κ3) is 2.81. The maximum atomic E-state index is 4.37. The highest BCUT2D eigenvalue weighted by atomic mass is 28.3. The van der Waals surface area contributed by atoms with Crippen LogP contribution in [-0.2, 0) is 6.42 Å². The van der Waals surface area contributed by atoms with Crippen molar-refractivity contribution in [3.05, 3.63) is 41.5 Å². The van der Waals surface area contributed by atoms with Crippen molar-refractivity contribution in [1.29, 1.82) is 0 Å². The Morgan fingerprint density at radius 1 is 1.21 bits per heavy atom. The van der Waals surface area contributed by atoms with Gasteiger partial charge >= 0.3 is 0 Å². The molecule has 19 heavy (non-hydrogen) atoms. The number of hydrogen-bond donors (Lipinski definition) is 0. The van der Waals surface area contributed by atoms with Crippen LogP contribution in [0.2, 0.25) is 13.1 Å². The Kier molecular flexibility index (Phi) is 4.25. The van der Waals surface area contributed by atoms with E-state index in [0.717, 1.165) is 5.69 Å². The zero-order valence-corrected chi connectivity index (χ0v) is 13.9. The molecule has 0 aliphatic rings. The molecule has 0 fully saturated rings. The fraction of sp³-hybridized carbons (Fsp3) is 0.438. The highest BCUT2D eigenvalue weighted by Gasteiger charge is 2.15. The minimum Gasteiger partial charge on any atom is -0.306 e. The zero-order valence-electron chi connectivity index (χ0n) is 12.7. The summed E-state index contributed by atoms with van der Waals surface area (Å²) < 4.78 is 2.19. The molecule has 0 aliphatic carbocycles. The summed E-state index contributed by atoms with van der Waals surface area (Å²) in [6, 6.07) is 4.52. The first-order chi connectivity index (χ1) is 9.04. The average Bonchev–Trinajstić information content (AvgIpc) is 2.78. The largest absolute Gasteiger partial charge is 0.306 e. The molecule has 0 saturated carbocycles. The Morgan fingerprint density at radius 2 is 1.95 bits per heavy atom. The predicted molar refractivity (Wildman–Crippen MR) is 85.5 cm³/mol. The summed E-state index contributed by atoms with van der Waals surface area (Å²) in [6.07, 6.45) is 6.46. The van der Waals surface area contributed by atoms with E-state index in [4.69, 9.17) is 0 Å². The topological polar surface area (TPSA) is 17.8 Å². The van der Waals surface area contributed by atoms with Crippen LogP contribution in [0.3, 0.4) is 0 Å². The lowest BCUT2D eigenvalue weighted by Gasteiger charge is -2.20. The van der Waals surface area contributed by atoms with Gasteiger partial charge in [0.25, 0.3) is 0 Å². The third-order valence-corrected chi connectivity index (χ3v) is 5.43. The lowest BCUT2D eigenvalue weighted by Crippen LogP contribution is -2.31. The highest BCUT2D eigenvalue weighted by molar-refractivity contribution is 6.72. The monoisotopic (exact) mass is 272 g/mol. The van der Waals surface area contributed by atoms with Gasteiger partial charge in [-0.1, -0.05) is 32.5 Å². The second-order valence-corrected chi connectivity index (χ2v) is 8.51. The van der Waals surface area contributed by atoms with Gasteiger partial charge in [0.15, 0.2) is 0 Å². The molecule has 2 nitrogen and oxygen atoms in total. The van der Waals surface area contributed by atoms with E-state index in [1.54, 1.807) is 10.8 Å². The quantitative estimate of drug-likeness (QED) is 0.782. The van der Waals surface area contributed by atoms with E-state index in [1.807, 2.05) is 13.3 Å². The van der Waals surface area contributed by atoms with Crippen molar-refractivity contribution in [3.63, 3.8) is 0 Å². The summed E-state index contributed by atoms with van der Waals surface area (Å²) in [5.41, 5.74) is 5.44. The minimum atomic E-state index is -0.876. The summed E-state index contributed by atoms with van der Waals surface area (Å²) in [5, 5.41) is 1.61. The number of aromatic nitrogens is 2. The molecule has 0 bridgehead atoms. The van der Waals surface area contributed by atoms with Gasteiger partial charge in [-0.25, -0.2) is 4.98 Å². The van der Waals surface area contributed by atoms with E-state index in [1.165, 1.54) is 24.1 Å². The van der Waals surface area contributed by atoms with Gasteiger partial charge in [-0.15, -0.1) is 0 Å². The van der Waals surface area contributed by atoms with Gasteiger partial charge in [-0.2, -0.15) is 0 Å². The van der Waals surface area contributed by atoms with Crippen LogP contribution in [0.15, 0.2) is 24.7 Å². The number of aryl methyl sites for hydroxylation is 2. The van der Waals surface area contributed by atoms with Crippen molar-refractivity contribution in [3.8, 4) is 5.69 Å². The fourth-order valence-corrected chi connectivity index (χ4v) is 4.67. The number of hydrogen-bond acceptors (Lipinski definition) is 1. The molecular formula is C16H24N2Si. The molecule has 0 N–H and O–H groups in total. The van der Waals surface area contributed by atoms with Gasteiger partial charge in [0.05, 0.1) is 20.8 Å². The number of rotatable bonds is 4. The lowest BCUT2D eigenvalue weighted by molar-refractivity contribution is 0.914. The molecule has 3 heteroatoms. The van der Waals surface area contributed by atoms with Gasteiger partial charge < -0.3 is 4.57 Å². The van der Waals surface area contributed by atoms with Crippen LogP contribution in [0, 0.1) is 13.8 Å². The normalized spacial score (nSPS) is 11.3. The molecular weight excluding hydrogens is 248 g/mol. The fourth-order valence-electron chi connectivity index (χ4n) is 2.77. The first kappa shape index (κ1) is 14.1. The molecule has 0 unspecified atom stereocenters. The van der Waals surface area contributed by atoms with Crippen molar-refractivity contribution < 1.29 is 0 Å². The molecule has 2 aromatic rings. The van der Waals surface area contributed by atoms with Gasteiger partial charge in [-0.05, 0) is 42.6 Å². The Hall–Kier alpha value is -1.35. The summed E-state index contributed by atoms with van der Waals surface area (Å²) in [5.74, 6) is 0. The molecule has 0 spiro atoms. The molecule has 0 aliphatic heterocycles. The number of benzene rings is 1. The minimum absolute atomic E-state index is 0.876. The van der Waals surface area contributed by atoms with Crippen LogP contribution in [0.4, 0.5) is 0 Å². The highest BCUT2D eigenvalue weighted by Crippen LogP contribution is 2.16. The Morgan fingerprint density at radius 3 is 2.47 bits per heavy atom. The standard InChI is InChI=1S/C16H24N2Si/c1-6-7-14-12(2)8-9-15(16(14)19(4)5)18-10-13(3)17-11-18/h8-11,19H,6-7H2,1-5H3. The van der Waals surface area contributed by atoms with E-state index in [0.29, 0.717) is 0 Å². The maximum Gasteiger partial charge on any atom is 0.0994 e. The van der Waals surface area contributed by atoms with Crippen LogP contribution in [-0.4, -0.2) is 18.3 Å². The Balaban J connectivity index is 2.63. The summed E-state index contributed by atoms with van der Waals surface area (Å²) in [7, 11) is -0.876. The van der Waals surface area contributed by atoms with E-state index in [2.05, 4.69) is 54.8 Å². The summed E-state index contributed by atoms with van der Waals surface area (Å²) in [4.78, 5) is 4.37. The lowest BCUT2D eigenvalue weighted by atomic mass is 10.0. The molecule has 0 amide bonds. The summed E-state index contributed by atoms with van der Waals surface area (Å²) >= 11 is 0. The smallest absolute Gasteiger partial charge is 0.0994 e. The Bertz CT molecular complexity index is 570.